The number of hydrogen-bond donors (Lipinski definition) is 0. The predicted octanol–water partition coefficient (Wildman–Crippen LogP) is 8.16. The fraction of sp³-hybridized carbons (Fsp3) is 0.561. The summed E-state index contributed by atoms with van der Waals surface area (Å²) >= 11 is 0. The minimum absolute atomic E-state index is 0.0114. The van der Waals surface area contributed by atoms with E-state index in [1.165, 1.54) is 28.0 Å². The highest BCUT2D eigenvalue weighted by Gasteiger charge is 2.61. The molecule has 6 rings (SSSR count). The van der Waals surface area contributed by atoms with Gasteiger partial charge < -0.3 is 19.3 Å². The second-order valence-electron chi connectivity index (χ2n) is 17.2. The largest absolute Gasteiger partial charge is 0.456 e. The van der Waals surface area contributed by atoms with E-state index in [1.807, 2.05) is 0 Å². The third-order valence-corrected chi connectivity index (χ3v) is 11.4. The van der Waals surface area contributed by atoms with Crippen molar-refractivity contribution < 1.29 is 54.6 Å². The van der Waals surface area contributed by atoms with Gasteiger partial charge in [0.05, 0.1) is 37.1 Å². The molecular formula is C41H47F7N4O5. The molecule has 0 bridgehead atoms. The standard InChI is InChI=1S/C41H47F7N4O5/c1-37(2,3)57-35(54)33-27(7-6-8-30(33)26-11-13-40(44,45)14-12-26)20-56-21-29-19-50(22-39(29)23-51(24-39)36(55)38(4,5)41(46,47)48)34(53)28-16-49-52(18-28)17-25-9-10-31(42)32(43)15-25/h6-10,15-16,18,26,29H,11-14,17,19-24H2,1-5H3/t29-/m0/s1. The summed E-state index contributed by atoms with van der Waals surface area (Å²) in [5, 5.41) is 4.20. The van der Waals surface area contributed by atoms with E-state index in [4.69, 9.17) is 9.47 Å². The van der Waals surface area contributed by atoms with Crippen molar-refractivity contribution in [2.75, 3.05) is 32.8 Å². The molecule has 2 aromatic carbocycles. The Hall–Kier alpha value is -4.47. The van der Waals surface area contributed by atoms with Gasteiger partial charge in [-0.15, -0.1) is 0 Å². The Morgan fingerprint density at radius 1 is 0.912 bits per heavy atom. The zero-order valence-electron chi connectivity index (χ0n) is 32.5. The lowest BCUT2D eigenvalue weighted by molar-refractivity contribution is -0.223. The van der Waals surface area contributed by atoms with E-state index in [2.05, 4.69) is 5.10 Å². The zero-order valence-corrected chi connectivity index (χ0v) is 32.5. The minimum Gasteiger partial charge on any atom is -0.456 e. The summed E-state index contributed by atoms with van der Waals surface area (Å²) in [6.07, 6.45) is -2.23. The van der Waals surface area contributed by atoms with Gasteiger partial charge in [-0.2, -0.15) is 18.3 Å². The maximum absolute atomic E-state index is 14.1. The van der Waals surface area contributed by atoms with E-state index in [1.54, 1.807) is 39.0 Å². The Bertz CT molecular complexity index is 1990. The van der Waals surface area contributed by atoms with Gasteiger partial charge >= 0.3 is 12.1 Å². The van der Waals surface area contributed by atoms with Crippen LogP contribution in [-0.2, 0) is 27.4 Å². The van der Waals surface area contributed by atoms with E-state index in [9.17, 15) is 45.1 Å². The number of ether oxygens (including phenoxy) is 2. The van der Waals surface area contributed by atoms with E-state index < -0.39 is 63.9 Å². The number of carbonyl (C=O) groups is 3. The van der Waals surface area contributed by atoms with Crippen LogP contribution >= 0.6 is 0 Å². The molecule has 16 heteroatoms. The molecule has 3 heterocycles. The van der Waals surface area contributed by atoms with Crippen molar-refractivity contribution in [3.05, 3.63) is 88.2 Å². The van der Waals surface area contributed by atoms with Crippen LogP contribution in [0, 0.1) is 28.4 Å². The lowest BCUT2D eigenvalue weighted by Gasteiger charge is -2.52. The fourth-order valence-corrected chi connectivity index (χ4v) is 8.04. The molecule has 0 N–H and O–H groups in total. The Kier molecular flexibility index (Phi) is 11.4. The number of nitrogens with zero attached hydrogens (tertiary/aromatic N) is 4. The second-order valence-corrected chi connectivity index (χ2v) is 17.2. The average molecular weight is 809 g/mol. The van der Waals surface area contributed by atoms with Crippen molar-refractivity contribution in [1.29, 1.82) is 0 Å². The Balaban J connectivity index is 1.21. The third kappa shape index (κ3) is 9.00. The molecule has 3 fully saturated rings. The van der Waals surface area contributed by atoms with Crippen LogP contribution in [0.2, 0.25) is 0 Å². The highest BCUT2D eigenvalue weighted by Crippen LogP contribution is 2.48. The highest BCUT2D eigenvalue weighted by molar-refractivity contribution is 5.94. The summed E-state index contributed by atoms with van der Waals surface area (Å²) < 4.78 is 110. The SMILES string of the molecule is CC(C)(C)OC(=O)c1c(COC[C@@H]2CN(C(=O)c3cnn(Cc4ccc(F)c(F)c4)c3)CC23CN(C(=O)C(C)(C)C(F)(F)F)C3)cccc1C1CCC(F)(F)CC1. The van der Waals surface area contributed by atoms with Gasteiger partial charge in [0.15, 0.2) is 11.6 Å². The second kappa shape index (κ2) is 15.4. The molecule has 2 amide bonds. The quantitative estimate of drug-likeness (QED) is 0.152. The smallest absolute Gasteiger partial charge is 0.402 e. The molecule has 2 saturated heterocycles. The molecule has 1 aliphatic carbocycles. The topological polar surface area (TPSA) is 94.0 Å². The van der Waals surface area contributed by atoms with E-state index >= 15 is 0 Å². The number of esters is 1. The van der Waals surface area contributed by atoms with Gasteiger partial charge in [-0.25, -0.2) is 22.4 Å². The Morgan fingerprint density at radius 3 is 2.21 bits per heavy atom. The lowest BCUT2D eigenvalue weighted by atomic mass is 9.70. The number of amides is 2. The zero-order chi connectivity index (χ0) is 41.7. The Labute approximate surface area is 326 Å². The highest BCUT2D eigenvalue weighted by atomic mass is 19.4. The van der Waals surface area contributed by atoms with Crippen molar-refractivity contribution in [3.63, 3.8) is 0 Å². The third-order valence-electron chi connectivity index (χ3n) is 11.4. The summed E-state index contributed by atoms with van der Waals surface area (Å²) in [4.78, 5) is 43.3. The number of likely N-dealkylation sites (tertiary alicyclic amines) is 2. The van der Waals surface area contributed by atoms with Crippen LogP contribution in [0.25, 0.3) is 0 Å². The molecule has 3 aliphatic rings. The maximum Gasteiger partial charge on any atom is 0.402 e. The van der Waals surface area contributed by atoms with Gasteiger partial charge in [-0.05, 0) is 82.2 Å². The minimum atomic E-state index is -4.79. The lowest BCUT2D eigenvalue weighted by Crippen LogP contribution is -2.66. The number of alkyl halides is 5. The number of hydrogen-bond acceptors (Lipinski definition) is 6. The number of halogens is 7. The summed E-state index contributed by atoms with van der Waals surface area (Å²) in [6.45, 7) is 6.93. The molecular weight excluding hydrogens is 761 g/mol. The van der Waals surface area contributed by atoms with Crippen LogP contribution in [0.1, 0.15) is 104 Å². The summed E-state index contributed by atoms with van der Waals surface area (Å²) in [5.74, 6) is -7.66. The summed E-state index contributed by atoms with van der Waals surface area (Å²) in [7, 11) is 0. The van der Waals surface area contributed by atoms with Crippen LogP contribution in [-0.4, -0.2) is 87.8 Å². The molecule has 0 radical (unpaired) electrons. The van der Waals surface area contributed by atoms with Crippen molar-refractivity contribution in [1.82, 2.24) is 19.6 Å². The van der Waals surface area contributed by atoms with Crippen LogP contribution in [0.5, 0.6) is 0 Å². The molecule has 1 saturated carbocycles. The molecule has 1 aromatic heterocycles. The number of rotatable bonds is 10. The first-order valence-corrected chi connectivity index (χ1v) is 18.9. The van der Waals surface area contributed by atoms with Gasteiger partial charge in [0.1, 0.15) is 11.0 Å². The molecule has 0 unspecified atom stereocenters. The molecule has 3 aromatic rings. The molecule has 9 nitrogen and oxygen atoms in total. The molecule has 1 spiro atoms. The van der Waals surface area contributed by atoms with Gasteiger partial charge in [-0.1, -0.05) is 24.3 Å². The molecule has 2 aliphatic heterocycles. The fourth-order valence-electron chi connectivity index (χ4n) is 8.04. The molecule has 310 valence electrons. The van der Waals surface area contributed by atoms with Gasteiger partial charge in [0.25, 0.3) is 5.91 Å². The monoisotopic (exact) mass is 808 g/mol. The van der Waals surface area contributed by atoms with Crippen molar-refractivity contribution in [2.24, 2.45) is 16.7 Å². The van der Waals surface area contributed by atoms with E-state index in [0.717, 1.165) is 30.9 Å². The van der Waals surface area contributed by atoms with Crippen molar-refractivity contribution in [3.8, 4) is 0 Å². The Morgan fingerprint density at radius 2 is 1.58 bits per heavy atom. The first-order chi connectivity index (χ1) is 26.5. The maximum atomic E-state index is 14.1. The molecule has 1 atom stereocenters. The first kappa shape index (κ1) is 42.1. The predicted molar refractivity (Wildman–Crippen MR) is 193 cm³/mol. The van der Waals surface area contributed by atoms with Gasteiger partial charge in [0.2, 0.25) is 11.8 Å². The summed E-state index contributed by atoms with van der Waals surface area (Å²) in [6, 6.07) is 8.59. The summed E-state index contributed by atoms with van der Waals surface area (Å²) in [5.41, 5.74) is -2.36. The van der Waals surface area contributed by atoms with Crippen molar-refractivity contribution in [2.45, 2.75) is 97.1 Å². The van der Waals surface area contributed by atoms with E-state index in [0.29, 0.717) is 16.7 Å². The van der Waals surface area contributed by atoms with Crippen LogP contribution in [0.15, 0.2) is 48.8 Å². The van der Waals surface area contributed by atoms with Gasteiger partial charge in [0, 0.05) is 56.6 Å². The number of aromatic nitrogens is 2. The number of benzene rings is 2. The van der Waals surface area contributed by atoms with Crippen LogP contribution < -0.4 is 0 Å². The van der Waals surface area contributed by atoms with Crippen molar-refractivity contribution >= 4 is 17.8 Å². The van der Waals surface area contributed by atoms with Crippen LogP contribution in [0.3, 0.4) is 0 Å². The van der Waals surface area contributed by atoms with E-state index in [-0.39, 0.29) is 88.7 Å². The molecule has 57 heavy (non-hydrogen) atoms. The van der Waals surface area contributed by atoms with Crippen LogP contribution in [0.4, 0.5) is 30.7 Å². The number of carbonyl (C=O) groups excluding carboxylic acids is 3. The normalized spacial score (nSPS) is 19.8. The average Bonchev–Trinajstić information content (AvgIpc) is 3.72. The first-order valence-electron chi connectivity index (χ1n) is 18.9. The van der Waals surface area contributed by atoms with Gasteiger partial charge in [-0.3, -0.25) is 14.3 Å².